The second-order valence-electron chi connectivity index (χ2n) is 5.04. The molecule has 0 amide bonds. The molecule has 1 aliphatic rings. The highest BCUT2D eigenvalue weighted by Crippen LogP contribution is 2.28. The topological polar surface area (TPSA) is 26.3 Å². The quantitative estimate of drug-likeness (QED) is 0.818. The fourth-order valence-electron chi connectivity index (χ4n) is 2.01. The molecule has 0 atom stereocenters. The van der Waals surface area contributed by atoms with Crippen molar-refractivity contribution >= 4 is 33.3 Å². The van der Waals surface area contributed by atoms with Gasteiger partial charge in [-0.05, 0) is 43.5 Å². The van der Waals surface area contributed by atoms with E-state index in [4.69, 9.17) is 4.74 Å². The van der Waals surface area contributed by atoms with Crippen molar-refractivity contribution in [2.24, 2.45) is 0 Å². The fraction of sp³-hybridized carbons (Fsp3) is 0.188. The highest BCUT2D eigenvalue weighted by Gasteiger charge is 2.33. The molecule has 19 heavy (non-hydrogen) atoms. The molecule has 0 fully saturated rings. The summed E-state index contributed by atoms with van der Waals surface area (Å²) in [5.74, 6) is 0.649. The van der Waals surface area contributed by atoms with Crippen LogP contribution in [-0.4, -0.2) is 11.4 Å². The maximum Gasteiger partial charge on any atom is 0.202 e. The number of fused-ring (bicyclic) bond motifs is 1. The van der Waals surface area contributed by atoms with Gasteiger partial charge in [-0.2, -0.15) is 0 Å². The molecule has 0 unspecified atom stereocenters. The van der Waals surface area contributed by atoms with Crippen LogP contribution in [-0.2, 0) is 9.53 Å². The smallest absolute Gasteiger partial charge is 0.202 e. The van der Waals surface area contributed by atoms with E-state index in [1.165, 1.54) is 10.1 Å². The van der Waals surface area contributed by atoms with E-state index < -0.39 is 5.60 Å². The number of ether oxygens (including phenoxy) is 1. The van der Waals surface area contributed by atoms with Gasteiger partial charge in [-0.3, -0.25) is 4.79 Å². The Balaban J connectivity index is 1.84. The van der Waals surface area contributed by atoms with Crippen LogP contribution in [0.2, 0.25) is 0 Å². The maximum atomic E-state index is 11.6. The van der Waals surface area contributed by atoms with Gasteiger partial charge in [0.1, 0.15) is 5.76 Å². The van der Waals surface area contributed by atoms with Crippen LogP contribution in [0.5, 0.6) is 0 Å². The first-order chi connectivity index (χ1) is 9.04. The lowest BCUT2D eigenvalue weighted by molar-refractivity contribution is -0.126. The number of rotatable bonds is 2. The summed E-state index contributed by atoms with van der Waals surface area (Å²) in [6.07, 6.45) is 5.41. The fourth-order valence-corrected chi connectivity index (χ4v) is 2.98. The lowest BCUT2D eigenvalue weighted by Crippen LogP contribution is -2.27. The largest absolute Gasteiger partial charge is 0.480 e. The molecule has 0 spiro atoms. The average molecular weight is 270 g/mol. The second kappa shape index (κ2) is 4.35. The van der Waals surface area contributed by atoms with E-state index in [1.807, 2.05) is 24.3 Å². The monoisotopic (exact) mass is 270 g/mol. The average Bonchev–Trinajstić information content (AvgIpc) is 2.88. The Morgan fingerprint density at radius 3 is 2.68 bits per heavy atom. The highest BCUT2D eigenvalue weighted by atomic mass is 32.1. The third-order valence-electron chi connectivity index (χ3n) is 3.10. The van der Waals surface area contributed by atoms with Crippen molar-refractivity contribution in [3.63, 3.8) is 0 Å². The van der Waals surface area contributed by atoms with E-state index >= 15 is 0 Å². The molecule has 3 rings (SSSR count). The lowest BCUT2D eigenvalue weighted by atomic mass is 10.1. The molecule has 96 valence electrons. The van der Waals surface area contributed by atoms with Crippen LogP contribution in [0.25, 0.3) is 16.2 Å². The number of carbonyl (C=O) groups excluding carboxylic acids is 1. The summed E-state index contributed by atoms with van der Waals surface area (Å²) >= 11 is 1.73. The zero-order valence-corrected chi connectivity index (χ0v) is 11.7. The molecule has 2 nitrogen and oxygen atoms in total. The molecule has 2 aromatic rings. The molecule has 2 heterocycles. The number of hydrogen-bond donors (Lipinski definition) is 0. The standard InChI is InChI=1S/C16H14O2S/c1-16(2)15(17)10-12(18-16)7-8-13-9-11-5-3-4-6-14(11)19-13/h3-10H,1-2H3/b8-7+. The minimum Gasteiger partial charge on any atom is -0.480 e. The molecule has 0 aliphatic carbocycles. The summed E-state index contributed by atoms with van der Waals surface area (Å²) in [7, 11) is 0. The van der Waals surface area contributed by atoms with Gasteiger partial charge in [-0.1, -0.05) is 18.2 Å². The number of allylic oxidation sites excluding steroid dienone is 1. The van der Waals surface area contributed by atoms with Crippen LogP contribution in [0.1, 0.15) is 18.7 Å². The van der Waals surface area contributed by atoms with E-state index in [0.717, 1.165) is 4.88 Å². The Kier molecular flexibility index (Phi) is 2.79. The Morgan fingerprint density at radius 2 is 2.00 bits per heavy atom. The molecular weight excluding hydrogens is 256 g/mol. The minimum absolute atomic E-state index is 0.0171. The van der Waals surface area contributed by atoms with Gasteiger partial charge in [0, 0.05) is 15.7 Å². The van der Waals surface area contributed by atoms with E-state index in [2.05, 4.69) is 18.2 Å². The normalized spacial score (nSPS) is 18.0. The first kappa shape index (κ1) is 12.2. The van der Waals surface area contributed by atoms with Crippen molar-refractivity contribution in [3.05, 3.63) is 53.1 Å². The summed E-state index contributed by atoms with van der Waals surface area (Å²) in [5, 5.41) is 1.24. The molecule has 0 radical (unpaired) electrons. The van der Waals surface area contributed by atoms with Crippen LogP contribution in [0.4, 0.5) is 0 Å². The third-order valence-corrected chi connectivity index (χ3v) is 4.18. The van der Waals surface area contributed by atoms with Crippen LogP contribution in [0.15, 0.2) is 48.2 Å². The van der Waals surface area contributed by atoms with Crippen LogP contribution in [0, 0.1) is 0 Å². The summed E-state index contributed by atoms with van der Waals surface area (Å²) in [4.78, 5) is 12.8. The predicted molar refractivity (Wildman–Crippen MR) is 79.1 cm³/mol. The number of carbonyl (C=O) groups is 1. The van der Waals surface area contributed by atoms with Gasteiger partial charge in [0.15, 0.2) is 5.60 Å². The molecule has 1 aromatic carbocycles. The summed E-state index contributed by atoms with van der Waals surface area (Å²) in [6, 6.07) is 10.4. The molecule has 3 heteroatoms. The zero-order valence-electron chi connectivity index (χ0n) is 10.8. The third kappa shape index (κ3) is 2.34. The Morgan fingerprint density at radius 1 is 1.21 bits per heavy atom. The molecular formula is C16H14O2S. The van der Waals surface area contributed by atoms with Crippen LogP contribution < -0.4 is 0 Å². The first-order valence-electron chi connectivity index (χ1n) is 6.16. The number of ketones is 1. The van der Waals surface area contributed by atoms with Gasteiger partial charge < -0.3 is 4.74 Å². The Bertz CT molecular complexity index is 671. The van der Waals surface area contributed by atoms with E-state index in [0.29, 0.717) is 5.76 Å². The van der Waals surface area contributed by atoms with Gasteiger partial charge in [-0.25, -0.2) is 0 Å². The molecule has 0 saturated heterocycles. The van der Waals surface area contributed by atoms with Crippen LogP contribution in [0.3, 0.4) is 0 Å². The van der Waals surface area contributed by atoms with Gasteiger partial charge >= 0.3 is 0 Å². The summed E-state index contributed by atoms with van der Waals surface area (Å²) in [5.41, 5.74) is -0.722. The summed E-state index contributed by atoms with van der Waals surface area (Å²) < 4.78 is 6.85. The maximum absolute atomic E-state index is 11.6. The molecule has 0 saturated carbocycles. The number of hydrogen-bond acceptors (Lipinski definition) is 3. The van der Waals surface area contributed by atoms with E-state index in [-0.39, 0.29) is 5.78 Å². The SMILES string of the molecule is CC1(C)OC(/C=C/c2cc3ccccc3s2)=CC1=O. The summed E-state index contributed by atoms with van der Waals surface area (Å²) in [6.45, 7) is 3.57. The zero-order chi connectivity index (χ0) is 13.5. The Labute approximate surface area is 116 Å². The lowest BCUT2D eigenvalue weighted by Gasteiger charge is -2.16. The van der Waals surface area contributed by atoms with Crippen molar-refractivity contribution in [3.8, 4) is 0 Å². The highest BCUT2D eigenvalue weighted by molar-refractivity contribution is 7.19. The van der Waals surface area contributed by atoms with Crippen molar-refractivity contribution in [2.45, 2.75) is 19.4 Å². The van der Waals surface area contributed by atoms with E-state index in [9.17, 15) is 4.79 Å². The van der Waals surface area contributed by atoms with Gasteiger partial charge in [-0.15, -0.1) is 11.3 Å². The van der Waals surface area contributed by atoms with Crippen molar-refractivity contribution in [1.29, 1.82) is 0 Å². The van der Waals surface area contributed by atoms with Gasteiger partial charge in [0.2, 0.25) is 5.78 Å². The molecule has 0 bridgehead atoms. The molecule has 0 N–H and O–H groups in total. The molecule has 1 aliphatic heterocycles. The second-order valence-corrected chi connectivity index (χ2v) is 6.16. The van der Waals surface area contributed by atoms with Crippen LogP contribution >= 0.6 is 11.3 Å². The van der Waals surface area contributed by atoms with E-state index in [1.54, 1.807) is 31.3 Å². The predicted octanol–water partition coefficient (Wildman–Crippen LogP) is 4.18. The van der Waals surface area contributed by atoms with Crippen molar-refractivity contribution in [2.75, 3.05) is 0 Å². The number of benzene rings is 1. The van der Waals surface area contributed by atoms with Gasteiger partial charge in [0.05, 0.1) is 0 Å². The Hall–Kier alpha value is -1.87. The van der Waals surface area contributed by atoms with Gasteiger partial charge in [0.25, 0.3) is 0 Å². The molecule has 1 aromatic heterocycles. The first-order valence-corrected chi connectivity index (χ1v) is 6.98. The van der Waals surface area contributed by atoms with Crippen molar-refractivity contribution in [1.82, 2.24) is 0 Å². The number of thiophene rings is 1. The van der Waals surface area contributed by atoms with Crippen molar-refractivity contribution < 1.29 is 9.53 Å². The minimum atomic E-state index is -0.722.